The molecule has 2 aromatic rings. The van der Waals surface area contributed by atoms with Crippen molar-refractivity contribution >= 4 is 21.7 Å². The molecule has 8 nitrogen and oxygen atoms in total. The molecule has 9 heteroatoms. The van der Waals surface area contributed by atoms with Gasteiger partial charge in [0.05, 0.1) is 24.8 Å². The maximum absolute atomic E-state index is 12.5. The molecule has 0 aromatic heterocycles. The Morgan fingerprint density at radius 1 is 1.07 bits per heavy atom. The molecule has 1 aliphatic heterocycles. The lowest BCUT2D eigenvalue weighted by atomic mass is 9.97. The Morgan fingerprint density at radius 2 is 1.80 bits per heavy atom. The van der Waals surface area contributed by atoms with Crippen molar-refractivity contribution in [3.63, 3.8) is 0 Å². The first kappa shape index (κ1) is 21.9. The van der Waals surface area contributed by atoms with Gasteiger partial charge in [0.15, 0.2) is 0 Å². The van der Waals surface area contributed by atoms with Crippen LogP contribution in [0.5, 0.6) is 11.5 Å². The van der Waals surface area contributed by atoms with Crippen molar-refractivity contribution in [2.45, 2.75) is 17.7 Å². The van der Waals surface area contributed by atoms with Gasteiger partial charge in [-0.3, -0.25) is 0 Å². The highest BCUT2D eigenvalue weighted by Crippen LogP contribution is 2.25. The van der Waals surface area contributed by atoms with Crippen molar-refractivity contribution in [2.75, 3.05) is 39.2 Å². The first-order valence-electron chi connectivity index (χ1n) is 9.75. The fourth-order valence-electron chi connectivity index (χ4n) is 3.36. The second kappa shape index (κ2) is 9.82. The standard InChI is InChI=1S/C21H27N3O5S/c1-28-17-6-5-7-18(14-17)30(26,27)22-15-16-10-12-24(13-11-16)21(25)23-19-8-3-4-9-20(19)29-2/h3-9,14,16,22H,10-13,15H2,1-2H3,(H,23,25). The number of methoxy groups -OCH3 is 2. The summed E-state index contributed by atoms with van der Waals surface area (Å²) in [6, 6.07) is 13.4. The highest BCUT2D eigenvalue weighted by molar-refractivity contribution is 7.89. The van der Waals surface area contributed by atoms with Gasteiger partial charge < -0.3 is 19.7 Å². The molecule has 1 aliphatic rings. The second-order valence-corrected chi connectivity index (χ2v) is 8.86. The highest BCUT2D eigenvalue weighted by Gasteiger charge is 2.25. The number of urea groups is 1. The molecule has 162 valence electrons. The summed E-state index contributed by atoms with van der Waals surface area (Å²) in [4.78, 5) is 14.5. The van der Waals surface area contributed by atoms with E-state index in [1.54, 1.807) is 36.3 Å². The predicted molar refractivity (Wildman–Crippen MR) is 114 cm³/mol. The number of sulfonamides is 1. The zero-order valence-corrected chi connectivity index (χ0v) is 17.9. The summed E-state index contributed by atoms with van der Waals surface area (Å²) >= 11 is 0. The number of amides is 2. The number of hydrogen-bond acceptors (Lipinski definition) is 5. The number of carbonyl (C=O) groups is 1. The lowest BCUT2D eigenvalue weighted by Gasteiger charge is -2.32. The van der Waals surface area contributed by atoms with Crippen molar-refractivity contribution in [1.82, 2.24) is 9.62 Å². The Hall–Kier alpha value is -2.78. The number of para-hydroxylation sites is 2. The van der Waals surface area contributed by atoms with Crippen molar-refractivity contribution in [2.24, 2.45) is 5.92 Å². The van der Waals surface area contributed by atoms with Crippen molar-refractivity contribution in [3.05, 3.63) is 48.5 Å². The van der Waals surface area contributed by atoms with Crippen LogP contribution in [0.25, 0.3) is 0 Å². The number of piperidine rings is 1. The van der Waals surface area contributed by atoms with Crippen LogP contribution in [0.4, 0.5) is 10.5 Å². The number of anilines is 1. The lowest BCUT2D eigenvalue weighted by molar-refractivity contribution is 0.183. The molecule has 1 heterocycles. The van der Waals surface area contributed by atoms with Gasteiger partial charge in [-0.15, -0.1) is 0 Å². The molecule has 2 aromatic carbocycles. The van der Waals surface area contributed by atoms with Crippen LogP contribution in [0.3, 0.4) is 0 Å². The van der Waals surface area contributed by atoms with Crippen LogP contribution in [0.15, 0.2) is 53.4 Å². The second-order valence-electron chi connectivity index (χ2n) is 7.09. The number of likely N-dealkylation sites (tertiary alicyclic amines) is 1. The molecule has 0 spiro atoms. The Morgan fingerprint density at radius 3 is 2.50 bits per heavy atom. The molecule has 1 saturated heterocycles. The SMILES string of the molecule is COc1cccc(S(=O)(=O)NCC2CCN(C(=O)Nc3ccccc3OC)CC2)c1. The maximum atomic E-state index is 12.5. The van der Waals surface area contributed by atoms with E-state index in [0.717, 1.165) is 12.8 Å². The number of nitrogens with zero attached hydrogens (tertiary/aromatic N) is 1. The van der Waals surface area contributed by atoms with E-state index in [1.807, 2.05) is 12.1 Å². The van der Waals surface area contributed by atoms with Crippen LogP contribution >= 0.6 is 0 Å². The number of rotatable bonds is 7. The molecular weight excluding hydrogens is 406 g/mol. The summed E-state index contributed by atoms with van der Waals surface area (Å²) < 4.78 is 38.1. The molecule has 0 aliphatic carbocycles. The van der Waals surface area contributed by atoms with Gasteiger partial charge in [0.2, 0.25) is 10.0 Å². The fourth-order valence-corrected chi connectivity index (χ4v) is 4.51. The molecule has 0 atom stereocenters. The summed E-state index contributed by atoms with van der Waals surface area (Å²) in [6.07, 6.45) is 1.44. The molecule has 0 bridgehead atoms. The van der Waals surface area contributed by atoms with Gasteiger partial charge in [0.25, 0.3) is 0 Å². The van der Waals surface area contributed by atoms with Crippen LogP contribution in [0.2, 0.25) is 0 Å². The van der Waals surface area contributed by atoms with Crippen LogP contribution in [-0.4, -0.2) is 53.2 Å². The molecule has 0 unspecified atom stereocenters. The van der Waals surface area contributed by atoms with Gasteiger partial charge in [0.1, 0.15) is 11.5 Å². The zero-order chi connectivity index (χ0) is 21.6. The van der Waals surface area contributed by atoms with E-state index in [4.69, 9.17) is 9.47 Å². The van der Waals surface area contributed by atoms with Crippen LogP contribution < -0.4 is 19.5 Å². The average molecular weight is 434 g/mol. The molecule has 1 fully saturated rings. The van der Waals surface area contributed by atoms with Gasteiger partial charge in [-0.2, -0.15) is 0 Å². The van der Waals surface area contributed by atoms with Crippen LogP contribution in [-0.2, 0) is 10.0 Å². The van der Waals surface area contributed by atoms with E-state index < -0.39 is 10.0 Å². The van der Waals surface area contributed by atoms with Crippen LogP contribution in [0.1, 0.15) is 12.8 Å². The van der Waals surface area contributed by atoms with Gasteiger partial charge >= 0.3 is 6.03 Å². The smallest absolute Gasteiger partial charge is 0.321 e. The van der Waals surface area contributed by atoms with Gasteiger partial charge in [-0.25, -0.2) is 17.9 Å². The zero-order valence-electron chi connectivity index (χ0n) is 17.1. The molecule has 30 heavy (non-hydrogen) atoms. The Kier molecular flexibility index (Phi) is 7.17. The minimum atomic E-state index is -3.61. The monoisotopic (exact) mass is 433 g/mol. The first-order chi connectivity index (χ1) is 14.4. The van der Waals surface area contributed by atoms with E-state index in [2.05, 4.69) is 10.0 Å². The normalized spacial score (nSPS) is 14.9. The van der Waals surface area contributed by atoms with E-state index >= 15 is 0 Å². The van der Waals surface area contributed by atoms with Gasteiger partial charge in [-0.1, -0.05) is 18.2 Å². The summed E-state index contributed by atoms with van der Waals surface area (Å²) in [5.41, 5.74) is 0.623. The minimum Gasteiger partial charge on any atom is -0.497 e. The number of nitrogens with one attached hydrogen (secondary N) is 2. The van der Waals surface area contributed by atoms with Crippen molar-refractivity contribution in [1.29, 1.82) is 0 Å². The van der Waals surface area contributed by atoms with E-state index in [0.29, 0.717) is 36.8 Å². The lowest BCUT2D eigenvalue weighted by Crippen LogP contribution is -2.43. The van der Waals surface area contributed by atoms with Crippen LogP contribution in [0, 0.1) is 5.92 Å². The van der Waals surface area contributed by atoms with Crippen molar-refractivity contribution in [3.8, 4) is 11.5 Å². The number of benzene rings is 2. The summed E-state index contributed by atoms with van der Waals surface area (Å²) in [7, 11) is -0.552. The van der Waals surface area contributed by atoms with E-state index in [9.17, 15) is 13.2 Å². The van der Waals surface area contributed by atoms with E-state index in [-0.39, 0.29) is 16.8 Å². The van der Waals surface area contributed by atoms with Gasteiger partial charge in [-0.05, 0) is 43.0 Å². The molecule has 3 rings (SSSR count). The minimum absolute atomic E-state index is 0.167. The molecular formula is C21H27N3O5S. The summed E-state index contributed by atoms with van der Waals surface area (Å²) in [6.45, 7) is 1.46. The Balaban J connectivity index is 1.50. The van der Waals surface area contributed by atoms with Crippen molar-refractivity contribution < 1.29 is 22.7 Å². The topological polar surface area (TPSA) is 97.0 Å². The predicted octanol–water partition coefficient (Wildman–Crippen LogP) is 2.93. The third kappa shape index (κ3) is 5.43. The van der Waals surface area contributed by atoms with E-state index in [1.165, 1.54) is 19.2 Å². The number of ether oxygens (including phenoxy) is 2. The number of hydrogen-bond donors (Lipinski definition) is 2. The molecule has 0 radical (unpaired) electrons. The Bertz CT molecular complexity index is 972. The molecule has 2 amide bonds. The quantitative estimate of drug-likeness (QED) is 0.700. The summed E-state index contributed by atoms with van der Waals surface area (Å²) in [5.74, 6) is 1.26. The first-order valence-corrected chi connectivity index (χ1v) is 11.2. The summed E-state index contributed by atoms with van der Waals surface area (Å²) in [5, 5.41) is 2.87. The highest BCUT2D eigenvalue weighted by atomic mass is 32.2. The Labute approximate surface area is 177 Å². The number of carbonyl (C=O) groups excluding carboxylic acids is 1. The molecule has 0 saturated carbocycles. The largest absolute Gasteiger partial charge is 0.497 e. The fraction of sp³-hybridized carbons (Fsp3) is 0.381. The third-order valence-electron chi connectivity index (χ3n) is 5.16. The molecule has 2 N–H and O–H groups in total. The van der Waals surface area contributed by atoms with Gasteiger partial charge in [0, 0.05) is 25.7 Å². The third-order valence-corrected chi connectivity index (χ3v) is 6.59. The maximum Gasteiger partial charge on any atom is 0.321 e. The average Bonchev–Trinajstić information content (AvgIpc) is 2.78.